The number of aliphatic hydroxyl groups excluding tert-OH is 1. The first kappa shape index (κ1) is 26.1. The van der Waals surface area contributed by atoms with E-state index in [1.807, 2.05) is 84.0 Å². The lowest BCUT2D eigenvalue weighted by atomic mass is 9.79. The molecule has 6 nitrogen and oxygen atoms in total. The molecule has 0 aliphatic rings. The van der Waals surface area contributed by atoms with E-state index in [0.717, 1.165) is 22.4 Å². The number of ether oxygens (including phenoxy) is 1. The molecule has 0 spiro atoms. The minimum absolute atomic E-state index is 0.0991. The van der Waals surface area contributed by atoms with Crippen molar-refractivity contribution in [3.63, 3.8) is 0 Å². The first-order valence-electron chi connectivity index (χ1n) is 10.4. The highest BCUT2D eigenvalue weighted by Gasteiger charge is 2.45. The van der Waals surface area contributed by atoms with Gasteiger partial charge in [-0.1, -0.05) is 50.2 Å². The van der Waals surface area contributed by atoms with Crippen LogP contribution in [0.3, 0.4) is 0 Å². The second kappa shape index (κ2) is 12.0. The zero-order valence-corrected chi connectivity index (χ0v) is 19.1. The van der Waals surface area contributed by atoms with E-state index in [2.05, 4.69) is 11.4 Å². The van der Waals surface area contributed by atoms with Gasteiger partial charge >= 0.3 is 12.1 Å². The van der Waals surface area contributed by atoms with Crippen LogP contribution in [0.5, 0.6) is 0 Å². The predicted octanol–water partition coefficient (Wildman–Crippen LogP) is 4.60. The first-order valence-corrected chi connectivity index (χ1v) is 10.4. The zero-order chi connectivity index (χ0) is 23.6. The second-order valence-corrected chi connectivity index (χ2v) is 8.30. The van der Waals surface area contributed by atoms with Crippen LogP contribution in [-0.2, 0) is 19.1 Å². The number of rotatable bonds is 8. The number of aryl methyl sites for hydroxylation is 2. The summed E-state index contributed by atoms with van der Waals surface area (Å²) in [6.07, 6.45) is -0.560. The van der Waals surface area contributed by atoms with Gasteiger partial charge in [0.15, 0.2) is 0 Å². The second-order valence-electron chi connectivity index (χ2n) is 8.30. The van der Waals surface area contributed by atoms with Gasteiger partial charge in [-0.05, 0) is 62.4 Å². The molecule has 2 aromatic rings. The molecule has 0 aliphatic heterocycles. The SMILES string of the molecule is Cc1cc(C)cc(NC(C[C@@H](O)c2ccccc2)(C(=O)OC(C)C)C(C)C)c1.O=C=O. The van der Waals surface area contributed by atoms with E-state index in [1.54, 1.807) is 0 Å². The van der Waals surface area contributed by atoms with Gasteiger partial charge in [-0.2, -0.15) is 9.59 Å². The topological polar surface area (TPSA) is 92.7 Å². The smallest absolute Gasteiger partial charge is 0.373 e. The van der Waals surface area contributed by atoms with E-state index in [0.29, 0.717) is 0 Å². The summed E-state index contributed by atoms with van der Waals surface area (Å²) in [4.78, 5) is 29.5. The lowest BCUT2D eigenvalue weighted by molar-refractivity contribution is -0.191. The van der Waals surface area contributed by atoms with E-state index in [1.165, 1.54) is 0 Å². The van der Waals surface area contributed by atoms with Crippen molar-refractivity contribution in [1.29, 1.82) is 0 Å². The summed E-state index contributed by atoms with van der Waals surface area (Å²) in [5.74, 6) is -0.440. The van der Waals surface area contributed by atoms with Crippen LogP contribution in [0.4, 0.5) is 5.69 Å². The molecule has 2 aromatic carbocycles. The summed E-state index contributed by atoms with van der Waals surface area (Å²) < 4.78 is 5.63. The number of aliphatic hydroxyl groups is 1. The van der Waals surface area contributed by atoms with Gasteiger partial charge in [0.05, 0.1) is 12.2 Å². The molecule has 0 amide bonds. The molecule has 2 rings (SSSR count). The summed E-state index contributed by atoms with van der Waals surface area (Å²) in [5.41, 5.74) is 2.81. The van der Waals surface area contributed by atoms with Crippen LogP contribution in [0, 0.1) is 19.8 Å². The number of nitrogens with one attached hydrogen (secondary N) is 1. The van der Waals surface area contributed by atoms with Crippen LogP contribution in [0.2, 0.25) is 0 Å². The number of hydrogen-bond acceptors (Lipinski definition) is 6. The molecule has 0 saturated heterocycles. The number of carbonyl (C=O) groups is 1. The van der Waals surface area contributed by atoms with Crippen LogP contribution in [0.25, 0.3) is 0 Å². The summed E-state index contributed by atoms with van der Waals surface area (Å²) in [6, 6.07) is 15.6. The molecule has 0 aliphatic carbocycles. The molecule has 1 unspecified atom stereocenters. The summed E-state index contributed by atoms with van der Waals surface area (Å²) >= 11 is 0. The molecule has 31 heavy (non-hydrogen) atoms. The molecule has 6 heteroatoms. The van der Waals surface area contributed by atoms with Crippen LogP contribution in [0.1, 0.15) is 56.9 Å². The van der Waals surface area contributed by atoms with Gasteiger partial charge in [-0.15, -0.1) is 0 Å². The Kier molecular flexibility index (Phi) is 10.1. The highest BCUT2D eigenvalue weighted by molar-refractivity contribution is 5.85. The maximum atomic E-state index is 13.3. The fraction of sp³-hybridized carbons (Fsp3) is 0.440. The Morgan fingerprint density at radius 2 is 1.55 bits per heavy atom. The van der Waals surface area contributed by atoms with Gasteiger partial charge in [0.25, 0.3) is 0 Å². The lowest BCUT2D eigenvalue weighted by Crippen LogP contribution is -2.53. The van der Waals surface area contributed by atoms with Crippen LogP contribution < -0.4 is 5.32 Å². The summed E-state index contributed by atoms with van der Waals surface area (Å²) in [6.45, 7) is 11.7. The lowest BCUT2D eigenvalue weighted by Gasteiger charge is -2.39. The normalized spacial score (nSPS) is 13.5. The van der Waals surface area contributed by atoms with Crippen molar-refractivity contribution in [3.8, 4) is 0 Å². The molecular weight excluding hydrogens is 394 g/mol. The van der Waals surface area contributed by atoms with Crippen LogP contribution in [-0.4, -0.2) is 28.9 Å². The molecule has 0 heterocycles. The minimum atomic E-state index is -1.06. The van der Waals surface area contributed by atoms with Gasteiger partial charge in [0, 0.05) is 12.1 Å². The monoisotopic (exact) mass is 427 g/mol. The fourth-order valence-corrected chi connectivity index (χ4v) is 3.52. The quantitative estimate of drug-likeness (QED) is 0.598. The molecule has 0 saturated carbocycles. The molecule has 0 fully saturated rings. The third-order valence-electron chi connectivity index (χ3n) is 4.98. The van der Waals surface area contributed by atoms with E-state index in [4.69, 9.17) is 14.3 Å². The molecule has 0 radical (unpaired) electrons. The third kappa shape index (κ3) is 7.67. The number of benzene rings is 2. The zero-order valence-electron chi connectivity index (χ0n) is 19.1. The van der Waals surface area contributed by atoms with E-state index < -0.39 is 11.6 Å². The van der Waals surface area contributed by atoms with Crippen LogP contribution in [0.15, 0.2) is 48.5 Å². The van der Waals surface area contributed by atoms with Crippen molar-refractivity contribution in [1.82, 2.24) is 0 Å². The van der Waals surface area contributed by atoms with Gasteiger partial charge in [-0.25, -0.2) is 4.79 Å². The fourth-order valence-electron chi connectivity index (χ4n) is 3.52. The Balaban J connectivity index is 0.00000151. The van der Waals surface area contributed by atoms with Gasteiger partial charge in [0.1, 0.15) is 5.54 Å². The molecule has 2 N–H and O–H groups in total. The molecule has 0 aromatic heterocycles. The Morgan fingerprint density at radius 1 is 1.03 bits per heavy atom. The average molecular weight is 428 g/mol. The number of esters is 1. The molecular formula is C25H33NO5. The van der Waals surface area contributed by atoms with Crippen molar-refractivity contribution < 1.29 is 24.2 Å². The van der Waals surface area contributed by atoms with Crippen molar-refractivity contribution in [3.05, 3.63) is 65.2 Å². The first-order chi connectivity index (χ1) is 14.5. The maximum Gasteiger partial charge on any atom is 0.373 e. The molecule has 0 bridgehead atoms. The average Bonchev–Trinajstić information content (AvgIpc) is 2.67. The molecule has 168 valence electrons. The number of hydrogen-bond donors (Lipinski definition) is 2. The predicted molar refractivity (Wildman–Crippen MR) is 119 cm³/mol. The van der Waals surface area contributed by atoms with Crippen molar-refractivity contribution in [2.75, 3.05) is 5.32 Å². The Bertz CT molecular complexity index is 852. The number of carbonyl (C=O) groups excluding carboxylic acids is 3. The van der Waals surface area contributed by atoms with Crippen molar-refractivity contribution in [2.45, 2.75) is 65.7 Å². The van der Waals surface area contributed by atoms with Crippen LogP contribution >= 0.6 is 0 Å². The van der Waals surface area contributed by atoms with Crippen molar-refractivity contribution in [2.24, 2.45) is 5.92 Å². The van der Waals surface area contributed by atoms with Gasteiger partial charge < -0.3 is 15.2 Å². The maximum absolute atomic E-state index is 13.3. The molecule has 2 atom stereocenters. The van der Waals surface area contributed by atoms with Gasteiger partial charge in [0.2, 0.25) is 0 Å². The van der Waals surface area contributed by atoms with E-state index >= 15 is 0 Å². The Labute approximate surface area is 184 Å². The Hall–Kier alpha value is -2.95. The van der Waals surface area contributed by atoms with E-state index in [9.17, 15) is 9.90 Å². The Morgan fingerprint density at radius 3 is 2.00 bits per heavy atom. The minimum Gasteiger partial charge on any atom is -0.461 e. The van der Waals surface area contributed by atoms with Crippen molar-refractivity contribution >= 4 is 17.8 Å². The van der Waals surface area contributed by atoms with E-state index in [-0.39, 0.29) is 30.6 Å². The highest BCUT2D eigenvalue weighted by atomic mass is 16.5. The third-order valence-corrected chi connectivity index (χ3v) is 4.98. The summed E-state index contributed by atoms with van der Waals surface area (Å²) in [7, 11) is 0. The highest BCUT2D eigenvalue weighted by Crippen LogP contribution is 2.35. The largest absolute Gasteiger partial charge is 0.461 e. The summed E-state index contributed by atoms with van der Waals surface area (Å²) in [5, 5.41) is 14.4. The number of anilines is 1. The van der Waals surface area contributed by atoms with Gasteiger partial charge in [-0.3, -0.25) is 0 Å². The standard InChI is InChI=1S/C24H33NO3.CO2/c1-16(2)24(23(27)28-17(3)4,15-22(26)20-10-8-7-9-11-20)25-21-13-18(5)12-19(6)14-21;2-1-3/h7-14,16-17,22,25-26H,15H2,1-6H3;/t22-,24?;/m1./s1.